The lowest BCUT2D eigenvalue weighted by Gasteiger charge is -1.79. The summed E-state index contributed by atoms with van der Waals surface area (Å²) in [6, 6.07) is 0. The molecule has 0 fully saturated rings. The summed E-state index contributed by atoms with van der Waals surface area (Å²) >= 11 is 0. The van der Waals surface area contributed by atoms with Crippen LogP contribution in [0, 0.1) is 0 Å². The highest BCUT2D eigenvalue weighted by atomic mass is 16.2. The molecule has 120 valence electrons. The molecule has 0 saturated carbocycles. The van der Waals surface area contributed by atoms with Crippen molar-refractivity contribution in [1.82, 2.24) is 0 Å². The molecule has 0 unspecified atom stereocenters. The Morgan fingerprint density at radius 1 is 0.947 bits per heavy atom. The summed E-state index contributed by atoms with van der Waals surface area (Å²) in [6.07, 6.45) is 7.93. The van der Waals surface area contributed by atoms with Crippen molar-refractivity contribution < 1.29 is 5.11 Å². The summed E-state index contributed by atoms with van der Waals surface area (Å²) in [4.78, 5) is 0. The normalized spacial score (nSPS) is 6.95. The maximum absolute atomic E-state index is 7.00. The second-order valence-corrected chi connectivity index (χ2v) is 2.59. The fourth-order valence-electron chi connectivity index (χ4n) is 0.471. The van der Waals surface area contributed by atoms with Crippen LogP contribution in [0.1, 0.15) is 74.7 Å². The van der Waals surface area contributed by atoms with Gasteiger partial charge in [0.1, 0.15) is 0 Å². The third kappa shape index (κ3) is 148. The van der Waals surface area contributed by atoms with Crippen LogP contribution in [0.5, 0.6) is 0 Å². The molecule has 0 aliphatic rings. The van der Waals surface area contributed by atoms with E-state index in [0.717, 1.165) is 7.11 Å². The van der Waals surface area contributed by atoms with Crippen molar-refractivity contribution in [2.45, 2.75) is 74.7 Å². The highest BCUT2D eigenvalue weighted by Crippen LogP contribution is 1.88. The molecular weight excluding hydrogens is 232 g/mol. The van der Waals surface area contributed by atoms with Gasteiger partial charge in [0.25, 0.3) is 0 Å². The molecule has 1 nitrogen and oxygen atoms in total. The van der Waals surface area contributed by atoms with Crippen molar-refractivity contribution in [1.29, 1.82) is 0 Å². The van der Waals surface area contributed by atoms with Crippen LogP contribution in [0.15, 0.2) is 37.5 Å². The van der Waals surface area contributed by atoms with Crippen molar-refractivity contribution >= 4 is 0 Å². The molecule has 0 bridgehead atoms. The van der Waals surface area contributed by atoms with E-state index in [1.165, 1.54) is 24.8 Å². The van der Waals surface area contributed by atoms with Gasteiger partial charge >= 0.3 is 0 Å². The van der Waals surface area contributed by atoms with Crippen molar-refractivity contribution in [2.24, 2.45) is 0 Å². The molecule has 0 amide bonds. The number of aliphatic hydroxyl groups is 1. The quantitative estimate of drug-likeness (QED) is 0.443. The molecule has 0 aliphatic carbocycles. The fourth-order valence-corrected chi connectivity index (χ4v) is 0.471. The summed E-state index contributed by atoms with van der Waals surface area (Å²) in [6.45, 7) is 26.0. The standard InChI is InChI=1S/C6H10.C5H12.2C2H6.C2H4.CH4O/c1-4-6(3)5-2;1-3-5-4-2;4*1-2/h4-5H,1H2,2-3H3;3-5H2,1-2H3;2*1-2H3;1-2H2;2H,1H3/b6-5-;;;;;. The van der Waals surface area contributed by atoms with E-state index in [4.69, 9.17) is 5.11 Å². The van der Waals surface area contributed by atoms with Gasteiger partial charge in [-0.05, 0) is 13.8 Å². The number of unbranched alkanes of at least 4 members (excludes halogenated alkanes) is 2. The Hall–Kier alpha value is -0.820. The van der Waals surface area contributed by atoms with Crippen LogP contribution in [-0.4, -0.2) is 12.2 Å². The lowest BCUT2D eigenvalue weighted by atomic mass is 10.3. The second kappa shape index (κ2) is 87.2. The smallest absolute Gasteiger partial charge is 0.0319 e. The Morgan fingerprint density at radius 3 is 1.21 bits per heavy atom. The van der Waals surface area contributed by atoms with E-state index in [0.29, 0.717) is 0 Å². The highest BCUT2D eigenvalue weighted by molar-refractivity contribution is 5.10. The van der Waals surface area contributed by atoms with Gasteiger partial charge in [0.15, 0.2) is 0 Å². The monoisotopic (exact) mass is 274 g/mol. The van der Waals surface area contributed by atoms with Crippen LogP contribution in [0.4, 0.5) is 0 Å². The molecule has 0 aromatic carbocycles. The maximum atomic E-state index is 7.00. The van der Waals surface area contributed by atoms with E-state index in [1.54, 1.807) is 0 Å². The van der Waals surface area contributed by atoms with Gasteiger partial charge < -0.3 is 5.11 Å². The topological polar surface area (TPSA) is 20.2 Å². The minimum atomic E-state index is 1.00. The predicted molar refractivity (Wildman–Crippen MR) is 96.9 cm³/mol. The fraction of sp³-hybridized carbons (Fsp3) is 0.667. The minimum absolute atomic E-state index is 1.00. The van der Waals surface area contributed by atoms with E-state index in [-0.39, 0.29) is 0 Å². The van der Waals surface area contributed by atoms with Crippen LogP contribution in [0.2, 0.25) is 0 Å². The summed E-state index contributed by atoms with van der Waals surface area (Å²) in [7, 11) is 1.00. The summed E-state index contributed by atoms with van der Waals surface area (Å²) in [5, 5.41) is 7.00. The van der Waals surface area contributed by atoms with Crippen LogP contribution >= 0.6 is 0 Å². The molecule has 19 heavy (non-hydrogen) atoms. The Kier molecular flexibility index (Phi) is 166. The lowest BCUT2D eigenvalue weighted by Crippen LogP contribution is -1.59. The highest BCUT2D eigenvalue weighted by Gasteiger charge is 1.68. The van der Waals surface area contributed by atoms with E-state index in [9.17, 15) is 0 Å². The predicted octanol–water partition coefficient (Wildman–Crippen LogP) is 6.80. The average Bonchev–Trinajstić information content (AvgIpc) is 2.55. The zero-order chi connectivity index (χ0) is 17.1. The molecule has 0 saturated heterocycles. The van der Waals surface area contributed by atoms with E-state index in [1.807, 2.05) is 53.7 Å². The van der Waals surface area contributed by atoms with Gasteiger partial charge in [0.2, 0.25) is 0 Å². The Bertz CT molecular complexity index is 113. The summed E-state index contributed by atoms with van der Waals surface area (Å²) < 4.78 is 0. The van der Waals surface area contributed by atoms with Crippen LogP contribution < -0.4 is 0 Å². The van der Waals surface area contributed by atoms with Crippen LogP contribution in [0.3, 0.4) is 0 Å². The maximum Gasteiger partial charge on any atom is 0.0319 e. The molecule has 0 rings (SSSR count). The Labute approximate surface area is 125 Å². The number of hydrogen-bond donors (Lipinski definition) is 1. The zero-order valence-corrected chi connectivity index (χ0v) is 15.3. The molecule has 0 radical (unpaired) electrons. The number of rotatable bonds is 3. The molecular formula is C18H42O. The number of allylic oxidation sites excluding steroid dienone is 3. The number of aliphatic hydroxyl groups excluding tert-OH is 1. The third-order valence-corrected chi connectivity index (χ3v) is 1.48. The SMILES string of the molecule is C=C.C=C/C(C)=C\C.CC.CC.CCCCC.CO. The molecule has 0 spiro atoms. The van der Waals surface area contributed by atoms with Crippen molar-refractivity contribution in [3.63, 3.8) is 0 Å². The molecule has 0 heterocycles. The van der Waals surface area contributed by atoms with Crippen molar-refractivity contribution in [2.75, 3.05) is 7.11 Å². The van der Waals surface area contributed by atoms with Gasteiger partial charge in [-0.15, -0.1) is 13.2 Å². The van der Waals surface area contributed by atoms with Crippen molar-refractivity contribution in [3.8, 4) is 0 Å². The van der Waals surface area contributed by atoms with Gasteiger partial charge in [0, 0.05) is 7.11 Å². The number of hydrogen-bond acceptors (Lipinski definition) is 1. The molecule has 0 aliphatic heterocycles. The largest absolute Gasteiger partial charge is 0.400 e. The minimum Gasteiger partial charge on any atom is -0.400 e. The van der Waals surface area contributed by atoms with Gasteiger partial charge in [-0.2, -0.15) is 0 Å². The summed E-state index contributed by atoms with van der Waals surface area (Å²) in [5.41, 5.74) is 1.23. The van der Waals surface area contributed by atoms with E-state index < -0.39 is 0 Å². The molecule has 1 heteroatoms. The van der Waals surface area contributed by atoms with Crippen LogP contribution in [-0.2, 0) is 0 Å². The Morgan fingerprint density at radius 2 is 1.21 bits per heavy atom. The average molecular weight is 275 g/mol. The Balaban J connectivity index is -0.0000000294. The zero-order valence-electron chi connectivity index (χ0n) is 15.3. The van der Waals surface area contributed by atoms with Crippen LogP contribution in [0.25, 0.3) is 0 Å². The van der Waals surface area contributed by atoms with Gasteiger partial charge in [-0.25, -0.2) is 0 Å². The third-order valence-electron chi connectivity index (χ3n) is 1.48. The van der Waals surface area contributed by atoms with Gasteiger partial charge in [-0.3, -0.25) is 0 Å². The molecule has 0 atom stereocenters. The van der Waals surface area contributed by atoms with E-state index >= 15 is 0 Å². The van der Waals surface area contributed by atoms with E-state index in [2.05, 4.69) is 33.6 Å². The summed E-state index contributed by atoms with van der Waals surface area (Å²) in [5.74, 6) is 0. The van der Waals surface area contributed by atoms with Gasteiger partial charge in [-0.1, -0.05) is 85.1 Å². The first-order valence-corrected chi connectivity index (χ1v) is 7.42. The van der Waals surface area contributed by atoms with Crippen molar-refractivity contribution in [3.05, 3.63) is 37.5 Å². The lowest BCUT2D eigenvalue weighted by molar-refractivity contribution is 0.399. The first-order valence-electron chi connectivity index (χ1n) is 7.42. The first-order chi connectivity index (χ1) is 9.22. The first kappa shape index (κ1) is 36.2. The molecule has 0 aromatic rings. The molecule has 1 N–H and O–H groups in total. The van der Waals surface area contributed by atoms with Gasteiger partial charge in [0.05, 0.1) is 0 Å². The molecule has 0 aromatic heterocycles. The second-order valence-electron chi connectivity index (χ2n) is 2.59.